The zero-order valence-corrected chi connectivity index (χ0v) is 10.6. The first kappa shape index (κ1) is 11.5. The first-order valence-corrected chi connectivity index (χ1v) is 6.26. The second kappa shape index (κ2) is 4.88. The van der Waals surface area contributed by atoms with E-state index in [2.05, 4.69) is 49.2 Å². The number of nitrogens with zero attached hydrogens (tertiary/aromatic N) is 1. The number of aryl methyl sites for hydroxylation is 2. The third-order valence-corrected chi connectivity index (χ3v) is 3.60. The summed E-state index contributed by atoms with van der Waals surface area (Å²) in [6.07, 6.45) is 1.21. The molecule has 88 valence electrons. The summed E-state index contributed by atoms with van der Waals surface area (Å²) < 4.78 is 0. The quantitative estimate of drug-likeness (QED) is 0.820. The molecule has 0 amide bonds. The van der Waals surface area contributed by atoms with Gasteiger partial charge in [-0.3, -0.25) is 0 Å². The van der Waals surface area contributed by atoms with Crippen molar-refractivity contribution < 1.29 is 0 Å². The summed E-state index contributed by atoms with van der Waals surface area (Å²) in [6.45, 7) is 9.98. The lowest BCUT2D eigenvalue weighted by Gasteiger charge is -2.35. The van der Waals surface area contributed by atoms with Gasteiger partial charge >= 0.3 is 0 Å². The van der Waals surface area contributed by atoms with Crippen LogP contribution in [-0.2, 0) is 0 Å². The van der Waals surface area contributed by atoms with Crippen LogP contribution in [0.4, 0.5) is 5.69 Å². The van der Waals surface area contributed by atoms with E-state index in [0.717, 1.165) is 19.6 Å². The first-order valence-electron chi connectivity index (χ1n) is 6.26. The number of nitrogens with one attached hydrogen (secondary N) is 1. The van der Waals surface area contributed by atoms with Crippen molar-refractivity contribution in [3.8, 4) is 0 Å². The van der Waals surface area contributed by atoms with Crippen molar-refractivity contribution in [2.24, 2.45) is 0 Å². The number of rotatable bonds is 2. The largest absolute Gasteiger partial charge is 0.369 e. The maximum atomic E-state index is 3.55. The highest BCUT2D eigenvalue weighted by atomic mass is 15.2. The highest BCUT2D eigenvalue weighted by Crippen LogP contribution is 2.20. The number of piperazine rings is 1. The van der Waals surface area contributed by atoms with Crippen LogP contribution in [0.15, 0.2) is 18.2 Å². The molecule has 1 saturated heterocycles. The van der Waals surface area contributed by atoms with Crippen LogP contribution in [0, 0.1) is 13.8 Å². The molecule has 2 heteroatoms. The van der Waals surface area contributed by atoms with Crippen LogP contribution in [0.25, 0.3) is 0 Å². The predicted molar refractivity (Wildman–Crippen MR) is 70.2 cm³/mol. The molecule has 1 heterocycles. The first-order chi connectivity index (χ1) is 7.70. The molecule has 2 nitrogen and oxygen atoms in total. The Morgan fingerprint density at radius 1 is 1.31 bits per heavy atom. The Kier molecular flexibility index (Phi) is 3.49. The summed E-state index contributed by atoms with van der Waals surface area (Å²) in [7, 11) is 0. The second-order valence-electron chi connectivity index (χ2n) is 4.77. The van der Waals surface area contributed by atoms with Crippen molar-refractivity contribution in [1.29, 1.82) is 0 Å². The topological polar surface area (TPSA) is 15.3 Å². The van der Waals surface area contributed by atoms with Gasteiger partial charge in [-0.15, -0.1) is 0 Å². The Morgan fingerprint density at radius 2 is 2.12 bits per heavy atom. The fraction of sp³-hybridized carbons (Fsp3) is 0.571. The van der Waals surface area contributed by atoms with Gasteiger partial charge in [0.1, 0.15) is 0 Å². The average molecular weight is 218 g/mol. The van der Waals surface area contributed by atoms with E-state index in [1.807, 2.05) is 0 Å². The third-order valence-electron chi connectivity index (χ3n) is 3.60. The molecule has 16 heavy (non-hydrogen) atoms. The van der Waals surface area contributed by atoms with Crippen LogP contribution in [-0.4, -0.2) is 25.7 Å². The fourth-order valence-electron chi connectivity index (χ4n) is 2.26. The molecule has 0 spiro atoms. The Labute approximate surface area is 98.7 Å². The van der Waals surface area contributed by atoms with E-state index in [0.29, 0.717) is 6.04 Å². The lowest BCUT2D eigenvalue weighted by atomic mass is 10.1. The maximum absolute atomic E-state index is 3.55. The molecule has 1 fully saturated rings. The lowest BCUT2D eigenvalue weighted by molar-refractivity contribution is 0.447. The van der Waals surface area contributed by atoms with Crippen molar-refractivity contribution in [3.05, 3.63) is 29.3 Å². The third kappa shape index (κ3) is 2.38. The molecule has 0 aliphatic carbocycles. The normalized spacial score (nSPS) is 21.2. The van der Waals surface area contributed by atoms with Gasteiger partial charge in [-0.1, -0.05) is 13.0 Å². The number of hydrogen-bond acceptors (Lipinski definition) is 2. The van der Waals surface area contributed by atoms with Crippen LogP contribution < -0.4 is 10.2 Å². The molecule has 1 N–H and O–H groups in total. The van der Waals surface area contributed by atoms with Gasteiger partial charge in [0.15, 0.2) is 0 Å². The van der Waals surface area contributed by atoms with Crippen LogP contribution in [0.1, 0.15) is 24.5 Å². The zero-order valence-electron chi connectivity index (χ0n) is 10.6. The highest BCUT2D eigenvalue weighted by molar-refractivity contribution is 5.51. The van der Waals surface area contributed by atoms with Crippen molar-refractivity contribution in [1.82, 2.24) is 5.32 Å². The van der Waals surface area contributed by atoms with E-state index in [-0.39, 0.29) is 0 Å². The summed E-state index contributed by atoms with van der Waals surface area (Å²) in [4.78, 5) is 2.50. The second-order valence-corrected chi connectivity index (χ2v) is 4.77. The Bertz CT molecular complexity index is 360. The van der Waals surface area contributed by atoms with E-state index in [1.165, 1.54) is 23.2 Å². The minimum absolute atomic E-state index is 0.648. The predicted octanol–water partition coefficient (Wildman–Crippen LogP) is 2.49. The fourth-order valence-corrected chi connectivity index (χ4v) is 2.26. The van der Waals surface area contributed by atoms with E-state index in [4.69, 9.17) is 0 Å². The molecule has 0 aromatic heterocycles. The van der Waals surface area contributed by atoms with Crippen molar-refractivity contribution in [2.45, 2.75) is 33.2 Å². The molecule has 1 aliphatic heterocycles. The van der Waals surface area contributed by atoms with Crippen molar-refractivity contribution in [3.63, 3.8) is 0 Å². The summed E-state index contributed by atoms with van der Waals surface area (Å²) in [5, 5.41) is 3.55. The molecule has 0 saturated carbocycles. The summed E-state index contributed by atoms with van der Waals surface area (Å²) in [5.41, 5.74) is 4.15. The summed E-state index contributed by atoms with van der Waals surface area (Å²) in [6, 6.07) is 7.44. The van der Waals surface area contributed by atoms with E-state index < -0.39 is 0 Å². The lowest BCUT2D eigenvalue weighted by Crippen LogP contribution is -2.50. The molecule has 1 aliphatic rings. The molecule has 1 aromatic rings. The van der Waals surface area contributed by atoms with E-state index in [9.17, 15) is 0 Å². The Balaban J connectivity index is 2.13. The maximum Gasteiger partial charge on any atom is 0.0370 e. The number of hydrogen-bond donors (Lipinski definition) is 1. The summed E-state index contributed by atoms with van der Waals surface area (Å²) >= 11 is 0. The standard InChI is InChI=1S/C14H22N2/c1-4-13-10-16(8-7-15-13)14-6-5-11(2)12(3)9-14/h5-6,9,13,15H,4,7-8,10H2,1-3H3. The Hall–Kier alpha value is -1.02. The monoisotopic (exact) mass is 218 g/mol. The molecular formula is C14H22N2. The van der Waals surface area contributed by atoms with E-state index >= 15 is 0 Å². The average Bonchev–Trinajstić information content (AvgIpc) is 2.33. The van der Waals surface area contributed by atoms with Crippen LogP contribution in [0.2, 0.25) is 0 Å². The number of benzene rings is 1. The van der Waals surface area contributed by atoms with Crippen LogP contribution in [0.3, 0.4) is 0 Å². The highest BCUT2D eigenvalue weighted by Gasteiger charge is 2.17. The van der Waals surface area contributed by atoms with Gasteiger partial charge in [0, 0.05) is 31.4 Å². The van der Waals surface area contributed by atoms with Gasteiger partial charge in [-0.25, -0.2) is 0 Å². The van der Waals surface area contributed by atoms with Crippen molar-refractivity contribution in [2.75, 3.05) is 24.5 Å². The van der Waals surface area contributed by atoms with Gasteiger partial charge in [-0.05, 0) is 43.5 Å². The van der Waals surface area contributed by atoms with E-state index in [1.54, 1.807) is 0 Å². The van der Waals surface area contributed by atoms with Crippen LogP contribution >= 0.6 is 0 Å². The van der Waals surface area contributed by atoms with Gasteiger partial charge in [0.25, 0.3) is 0 Å². The SMILES string of the molecule is CCC1CN(c2ccc(C)c(C)c2)CCN1. The Morgan fingerprint density at radius 3 is 2.81 bits per heavy atom. The zero-order chi connectivity index (χ0) is 11.5. The molecule has 0 radical (unpaired) electrons. The van der Waals surface area contributed by atoms with Gasteiger partial charge < -0.3 is 10.2 Å². The van der Waals surface area contributed by atoms with Crippen molar-refractivity contribution >= 4 is 5.69 Å². The smallest absolute Gasteiger partial charge is 0.0370 e. The van der Waals surface area contributed by atoms with Gasteiger partial charge in [0.2, 0.25) is 0 Å². The molecular weight excluding hydrogens is 196 g/mol. The molecule has 2 rings (SSSR count). The van der Waals surface area contributed by atoms with Crippen LogP contribution in [0.5, 0.6) is 0 Å². The minimum Gasteiger partial charge on any atom is -0.369 e. The van der Waals surface area contributed by atoms with Gasteiger partial charge in [-0.2, -0.15) is 0 Å². The molecule has 0 bridgehead atoms. The number of anilines is 1. The molecule has 1 atom stereocenters. The minimum atomic E-state index is 0.648. The van der Waals surface area contributed by atoms with Gasteiger partial charge in [0.05, 0.1) is 0 Å². The molecule has 1 aromatic carbocycles. The molecule has 1 unspecified atom stereocenters. The summed E-state index contributed by atoms with van der Waals surface area (Å²) in [5.74, 6) is 0.